The van der Waals surface area contributed by atoms with E-state index >= 15 is 0 Å². The third kappa shape index (κ3) is 2.89. The average molecular weight is 377 g/mol. The molecule has 1 N–H and O–H groups in total. The lowest BCUT2D eigenvalue weighted by Gasteiger charge is -2.16. The molecular formula is C19H20FNO4S. The zero-order chi connectivity index (χ0) is 18.4. The summed E-state index contributed by atoms with van der Waals surface area (Å²) in [6.45, 7) is 0.826. The van der Waals surface area contributed by atoms with Gasteiger partial charge in [0.05, 0.1) is 17.4 Å². The number of carbonyl (C=O) groups is 2. The number of carboxylic acids is 1. The Kier molecular flexibility index (Phi) is 4.44. The maximum Gasteiger partial charge on any atom is 0.308 e. The SMILES string of the molecule is COCc1c(C(=O)N2C[C@H](C(=O)O)[C@@H](C3CC3)C2)sc2cccc(F)c12. The number of amides is 1. The van der Waals surface area contributed by atoms with Crippen molar-refractivity contribution in [3.8, 4) is 0 Å². The van der Waals surface area contributed by atoms with Crippen LogP contribution in [0.15, 0.2) is 18.2 Å². The standard InChI is InChI=1S/C19H20FNO4S/c1-25-9-13-16-14(20)3-2-4-15(16)26-17(13)18(22)21-7-11(10-5-6-10)12(8-21)19(23)24/h2-4,10-12H,5-9H2,1H3,(H,23,24)/t11-,12+/m1/s1. The molecule has 1 saturated heterocycles. The maximum atomic E-state index is 14.3. The van der Waals surface area contributed by atoms with Gasteiger partial charge in [-0.25, -0.2) is 4.39 Å². The second kappa shape index (κ2) is 6.63. The number of ether oxygens (including phenoxy) is 1. The topological polar surface area (TPSA) is 66.8 Å². The number of hydrogen-bond donors (Lipinski definition) is 1. The van der Waals surface area contributed by atoms with Crippen molar-refractivity contribution in [2.24, 2.45) is 17.8 Å². The third-order valence-electron chi connectivity index (χ3n) is 5.44. The van der Waals surface area contributed by atoms with Crippen molar-refractivity contribution in [3.05, 3.63) is 34.5 Å². The number of rotatable bonds is 5. The number of halogens is 1. The minimum Gasteiger partial charge on any atom is -0.481 e. The van der Waals surface area contributed by atoms with E-state index in [0.29, 0.717) is 33.0 Å². The second-order valence-electron chi connectivity index (χ2n) is 7.11. The normalized spacial score (nSPS) is 22.9. The number of aliphatic carboxylic acids is 1. The van der Waals surface area contributed by atoms with Gasteiger partial charge in [0.25, 0.3) is 5.91 Å². The van der Waals surface area contributed by atoms with Gasteiger partial charge in [-0.3, -0.25) is 9.59 Å². The molecule has 2 atom stereocenters. The predicted octanol–water partition coefficient (Wildman–Crippen LogP) is 3.37. The molecular weight excluding hydrogens is 357 g/mol. The van der Waals surface area contributed by atoms with E-state index in [0.717, 1.165) is 12.8 Å². The van der Waals surface area contributed by atoms with Crippen molar-refractivity contribution in [1.29, 1.82) is 0 Å². The van der Waals surface area contributed by atoms with E-state index in [9.17, 15) is 19.1 Å². The number of fused-ring (bicyclic) bond motifs is 1. The van der Waals surface area contributed by atoms with Gasteiger partial charge >= 0.3 is 5.97 Å². The van der Waals surface area contributed by atoms with Gasteiger partial charge in [-0.15, -0.1) is 11.3 Å². The van der Waals surface area contributed by atoms with E-state index in [1.165, 1.54) is 24.5 Å². The minimum atomic E-state index is -0.836. The Balaban J connectivity index is 1.69. The highest BCUT2D eigenvalue weighted by molar-refractivity contribution is 7.21. The van der Waals surface area contributed by atoms with Crippen molar-refractivity contribution in [2.75, 3.05) is 20.2 Å². The van der Waals surface area contributed by atoms with E-state index in [4.69, 9.17) is 4.74 Å². The summed E-state index contributed by atoms with van der Waals surface area (Å²) in [5, 5.41) is 9.94. The van der Waals surface area contributed by atoms with Gasteiger partial charge in [-0.1, -0.05) is 6.07 Å². The van der Waals surface area contributed by atoms with Crippen LogP contribution in [0, 0.1) is 23.6 Å². The van der Waals surface area contributed by atoms with Gasteiger partial charge in [0.2, 0.25) is 0 Å². The second-order valence-corrected chi connectivity index (χ2v) is 8.16. The fourth-order valence-corrected chi connectivity index (χ4v) is 5.21. The first-order chi connectivity index (χ1) is 12.5. The van der Waals surface area contributed by atoms with Crippen molar-refractivity contribution in [3.63, 3.8) is 0 Å². The molecule has 0 unspecified atom stereocenters. The van der Waals surface area contributed by atoms with Crippen molar-refractivity contribution in [2.45, 2.75) is 19.4 Å². The van der Waals surface area contributed by atoms with Gasteiger partial charge in [0, 0.05) is 35.8 Å². The Bertz CT molecular complexity index is 876. The summed E-state index contributed by atoms with van der Waals surface area (Å²) in [4.78, 5) is 26.8. The van der Waals surface area contributed by atoms with Crippen LogP contribution in [0.3, 0.4) is 0 Å². The van der Waals surface area contributed by atoms with E-state index in [2.05, 4.69) is 0 Å². The molecule has 2 fully saturated rings. The lowest BCUT2D eigenvalue weighted by atomic mass is 9.92. The fraction of sp³-hybridized carbons (Fsp3) is 0.474. The van der Waals surface area contributed by atoms with Crippen LogP contribution in [0.25, 0.3) is 10.1 Å². The minimum absolute atomic E-state index is 0.0217. The summed E-state index contributed by atoms with van der Waals surface area (Å²) in [6, 6.07) is 4.79. The first kappa shape index (κ1) is 17.4. The number of carboxylic acid groups (broad SMARTS) is 1. The number of carbonyl (C=O) groups excluding carboxylic acids is 1. The van der Waals surface area contributed by atoms with E-state index in [1.807, 2.05) is 0 Å². The first-order valence-electron chi connectivity index (χ1n) is 8.72. The van der Waals surface area contributed by atoms with Gasteiger partial charge in [0.15, 0.2) is 0 Å². The number of nitrogens with zero attached hydrogens (tertiary/aromatic N) is 1. The van der Waals surface area contributed by atoms with Crippen LogP contribution in [0.1, 0.15) is 28.1 Å². The molecule has 0 radical (unpaired) electrons. The highest BCUT2D eigenvalue weighted by Gasteiger charge is 2.47. The molecule has 5 nitrogen and oxygen atoms in total. The molecule has 2 aliphatic rings. The molecule has 7 heteroatoms. The van der Waals surface area contributed by atoms with Gasteiger partial charge in [-0.2, -0.15) is 0 Å². The molecule has 1 aliphatic carbocycles. The van der Waals surface area contributed by atoms with Gasteiger partial charge in [-0.05, 0) is 36.8 Å². The van der Waals surface area contributed by atoms with E-state index < -0.39 is 11.9 Å². The summed E-state index contributed by atoms with van der Waals surface area (Å²) in [5.41, 5.74) is 0.553. The molecule has 138 valence electrons. The molecule has 1 aromatic heterocycles. The van der Waals surface area contributed by atoms with Crippen molar-refractivity contribution in [1.82, 2.24) is 4.90 Å². The van der Waals surface area contributed by atoms with Gasteiger partial charge < -0.3 is 14.7 Å². The first-order valence-corrected chi connectivity index (χ1v) is 9.53. The van der Waals surface area contributed by atoms with Crippen LogP contribution in [-0.2, 0) is 16.1 Å². The van der Waals surface area contributed by atoms with Gasteiger partial charge in [0.1, 0.15) is 5.82 Å². The van der Waals surface area contributed by atoms with E-state index in [1.54, 1.807) is 17.0 Å². The average Bonchev–Trinajstić information content (AvgIpc) is 3.24. The summed E-state index contributed by atoms with van der Waals surface area (Å²) < 4.78 is 20.2. The number of methoxy groups -OCH3 is 1. The lowest BCUT2D eigenvalue weighted by Crippen LogP contribution is -2.30. The lowest BCUT2D eigenvalue weighted by molar-refractivity contribution is -0.142. The van der Waals surface area contributed by atoms with Crippen molar-refractivity contribution < 1.29 is 23.8 Å². The Morgan fingerprint density at radius 1 is 1.35 bits per heavy atom. The van der Waals surface area contributed by atoms with Crippen molar-refractivity contribution >= 4 is 33.3 Å². The molecule has 26 heavy (non-hydrogen) atoms. The van der Waals surface area contributed by atoms with Crippen LogP contribution in [0.4, 0.5) is 4.39 Å². The molecule has 1 saturated carbocycles. The van der Waals surface area contributed by atoms with E-state index in [-0.39, 0.29) is 30.8 Å². The maximum absolute atomic E-state index is 14.3. The molecule has 1 aromatic carbocycles. The van der Waals surface area contributed by atoms with Crippen LogP contribution < -0.4 is 0 Å². The zero-order valence-electron chi connectivity index (χ0n) is 14.4. The Morgan fingerprint density at radius 3 is 2.77 bits per heavy atom. The number of likely N-dealkylation sites (tertiary alicyclic amines) is 1. The molecule has 2 aromatic rings. The van der Waals surface area contributed by atoms with Crippen LogP contribution in [-0.4, -0.2) is 42.1 Å². The summed E-state index contributed by atoms with van der Waals surface area (Å²) in [5.74, 6) is -1.50. The quantitative estimate of drug-likeness (QED) is 0.868. The molecule has 0 bridgehead atoms. The Hall–Kier alpha value is -1.99. The highest BCUT2D eigenvalue weighted by Crippen LogP contribution is 2.45. The Labute approximate surface area is 154 Å². The van der Waals surface area contributed by atoms with Crippen LogP contribution >= 0.6 is 11.3 Å². The zero-order valence-corrected chi connectivity index (χ0v) is 15.2. The largest absolute Gasteiger partial charge is 0.481 e. The molecule has 2 heterocycles. The summed E-state index contributed by atoms with van der Waals surface area (Å²) in [7, 11) is 1.51. The number of benzene rings is 1. The summed E-state index contributed by atoms with van der Waals surface area (Å²) in [6.07, 6.45) is 2.08. The fourth-order valence-electron chi connectivity index (χ4n) is 4.02. The van der Waals surface area contributed by atoms with Crippen LogP contribution in [0.5, 0.6) is 0 Å². The summed E-state index contributed by atoms with van der Waals surface area (Å²) >= 11 is 1.25. The smallest absolute Gasteiger partial charge is 0.308 e. The number of thiophene rings is 1. The molecule has 0 spiro atoms. The third-order valence-corrected chi connectivity index (χ3v) is 6.63. The number of hydrogen-bond acceptors (Lipinski definition) is 4. The predicted molar refractivity (Wildman–Crippen MR) is 95.7 cm³/mol. The Morgan fingerprint density at radius 2 is 2.12 bits per heavy atom. The molecule has 4 rings (SSSR count). The van der Waals surface area contributed by atoms with Crippen LogP contribution in [0.2, 0.25) is 0 Å². The molecule has 1 amide bonds. The molecule has 1 aliphatic heterocycles. The monoisotopic (exact) mass is 377 g/mol. The highest BCUT2D eigenvalue weighted by atomic mass is 32.1.